The molecular weight excluding hydrogens is 585 g/mol. The minimum atomic E-state index is -0.195. The molecule has 3 heterocycles. The molecule has 9 heteroatoms. The molecule has 5 aromatic rings. The van der Waals surface area contributed by atoms with E-state index in [-0.39, 0.29) is 5.91 Å². The predicted molar refractivity (Wildman–Crippen MR) is 157 cm³/mol. The minimum Gasteiger partial charge on any atom is -0.378 e. The third-order valence-electron chi connectivity index (χ3n) is 6.77. The fourth-order valence-electron chi connectivity index (χ4n) is 5.05. The average Bonchev–Trinajstić information content (AvgIpc) is 3.35. The van der Waals surface area contributed by atoms with Crippen LogP contribution in [-0.2, 0) is 19.5 Å². The highest BCUT2D eigenvalue weighted by Gasteiger charge is 2.30. The maximum atomic E-state index is 14.0. The largest absolute Gasteiger partial charge is 0.378 e. The van der Waals surface area contributed by atoms with Gasteiger partial charge in [-0.25, -0.2) is 4.68 Å². The summed E-state index contributed by atoms with van der Waals surface area (Å²) in [5.74, 6) is 0.571. The first-order chi connectivity index (χ1) is 18.5. The van der Waals surface area contributed by atoms with E-state index in [4.69, 9.17) is 28.3 Å². The third-order valence-corrected chi connectivity index (χ3v) is 7.81. The highest BCUT2D eigenvalue weighted by Crippen LogP contribution is 2.38. The number of carbonyl (C=O) groups excluding carboxylic acids is 1. The number of aryl methyl sites for hydroxylation is 2. The van der Waals surface area contributed by atoms with Crippen molar-refractivity contribution >= 4 is 62.1 Å². The molecule has 38 heavy (non-hydrogen) atoms. The van der Waals surface area contributed by atoms with Crippen molar-refractivity contribution in [3.63, 3.8) is 0 Å². The lowest BCUT2D eigenvalue weighted by Crippen LogP contribution is -2.17. The number of aromatic nitrogens is 3. The van der Waals surface area contributed by atoms with Crippen LogP contribution in [0.5, 0.6) is 0 Å². The lowest BCUT2D eigenvalue weighted by atomic mass is 9.98. The summed E-state index contributed by atoms with van der Waals surface area (Å²) in [4.78, 5) is 14.0. The molecule has 6 rings (SSSR count). The number of nitrogens with one attached hydrogen (secondary N) is 2. The first-order valence-electron chi connectivity index (χ1n) is 12.4. The van der Waals surface area contributed by atoms with Crippen LogP contribution >= 0.6 is 39.1 Å². The number of hydrogen-bond donors (Lipinski definition) is 2. The normalized spacial score (nSPS) is 12.9. The maximum absolute atomic E-state index is 14.0. The molecule has 0 saturated carbocycles. The van der Waals surface area contributed by atoms with Gasteiger partial charge in [0, 0.05) is 43.6 Å². The van der Waals surface area contributed by atoms with Gasteiger partial charge in [0.05, 0.1) is 6.54 Å². The van der Waals surface area contributed by atoms with Crippen LogP contribution in [0.15, 0.2) is 77.3 Å². The number of amides is 1. The number of benzene rings is 3. The van der Waals surface area contributed by atoms with Crippen LogP contribution in [-0.4, -0.2) is 20.1 Å². The molecule has 0 aliphatic carbocycles. The van der Waals surface area contributed by atoms with Gasteiger partial charge in [-0.05, 0) is 85.5 Å². The van der Waals surface area contributed by atoms with Gasteiger partial charge in [0.1, 0.15) is 11.3 Å². The van der Waals surface area contributed by atoms with Crippen molar-refractivity contribution in [1.82, 2.24) is 14.2 Å². The van der Waals surface area contributed by atoms with Crippen molar-refractivity contribution in [3.05, 3.63) is 104 Å². The van der Waals surface area contributed by atoms with Gasteiger partial charge in [-0.2, -0.15) is 5.10 Å². The van der Waals surface area contributed by atoms with E-state index < -0.39 is 0 Å². The standard InChI is InChI=1S/C29H24BrCl2N5O/c30-19-6-4-18(5-7-19)26-24-3-1-2-16-36-29(24)37(25(35-36)17-33-22-12-8-20(31)9-13-22)27(26)28(38)34-23-14-10-21(32)11-15-23/h4-15,33H,1-3,16-17H2,(H,34,38). The Kier molecular flexibility index (Phi) is 6.91. The SMILES string of the molecule is O=C(Nc1ccc(Cl)cc1)c1c(-c2ccc(Br)cc2)c2c3n(nc(CNc4ccc(Cl)cc4)n13)CCCC2. The Morgan fingerprint density at radius 1 is 0.895 bits per heavy atom. The number of hydrogen-bond acceptors (Lipinski definition) is 3. The van der Waals surface area contributed by atoms with Crippen LogP contribution in [0, 0.1) is 0 Å². The maximum Gasteiger partial charge on any atom is 0.273 e. The molecular formula is C29H24BrCl2N5O. The zero-order valence-electron chi connectivity index (χ0n) is 20.3. The summed E-state index contributed by atoms with van der Waals surface area (Å²) in [7, 11) is 0. The van der Waals surface area contributed by atoms with Crippen LogP contribution in [0.25, 0.3) is 16.8 Å². The summed E-state index contributed by atoms with van der Waals surface area (Å²) < 4.78 is 5.08. The van der Waals surface area contributed by atoms with Crippen LogP contribution in [0.1, 0.15) is 34.7 Å². The molecule has 0 radical (unpaired) electrons. The van der Waals surface area contributed by atoms with Crippen LogP contribution < -0.4 is 10.6 Å². The van der Waals surface area contributed by atoms with E-state index in [1.807, 2.05) is 40.8 Å². The Hall–Kier alpha value is -3.26. The number of anilines is 2. The first kappa shape index (κ1) is 25.0. The summed E-state index contributed by atoms with van der Waals surface area (Å²) in [6, 6.07) is 22.8. The van der Waals surface area contributed by atoms with Crippen molar-refractivity contribution in [2.24, 2.45) is 0 Å². The first-order valence-corrected chi connectivity index (χ1v) is 14.0. The molecule has 1 aliphatic heterocycles. The third kappa shape index (κ3) is 4.82. The molecule has 1 amide bonds. The summed E-state index contributed by atoms with van der Waals surface area (Å²) in [5.41, 5.74) is 6.26. The Labute approximate surface area is 238 Å². The lowest BCUT2D eigenvalue weighted by molar-refractivity contribution is 0.102. The van der Waals surface area contributed by atoms with Crippen molar-refractivity contribution in [3.8, 4) is 11.1 Å². The Balaban J connectivity index is 1.52. The van der Waals surface area contributed by atoms with E-state index in [1.54, 1.807) is 24.3 Å². The number of carbonyl (C=O) groups is 1. The van der Waals surface area contributed by atoms with E-state index in [0.717, 1.165) is 64.1 Å². The second kappa shape index (κ2) is 10.5. The molecule has 0 bridgehead atoms. The van der Waals surface area contributed by atoms with Crippen LogP contribution in [0.3, 0.4) is 0 Å². The van der Waals surface area contributed by atoms with Crippen LogP contribution in [0.4, 0.5) is 11.4 Å². The number of nitrogens with zero attached hydrogens (tertiary/aromatic N) is 3. The van der Waals surface area contributed by atoms with Gasteiger partial charge in [-0.15, -0.1) is 0 Å². The van der Waals surface area contributed by atoms with E-state index >= 15 is 0 Å². The van der Waals surface area contributed by atoms with Crippen molar-refractivity contribution < 1.29 is 4.79 Å². The van der Waals surface area contributed by atoms with Crippen molar-refractivity contribution in [1.29, 1.82) is 0 Å². The van der Waals surface area contributed by atoms with Gasteiger partial charge in [0.15, 0.2) is 5.82 Å². The molecule has 2 aromatic heterocycles. The Morgan fingerprint density at radius 3 is 2.24 bits per heavy atom. The summed E-state index contributed by atoms with van der Waals surface area (Å²) in [5, 5.41) is 12.8. The molecule has 2 N–H and O–H groups in total. The lowest BCUT2D eigenvalue weighted by Gasteiger charge is -2.11. The van der Waals surface area contributed by atoms with Gasteiger partial charge in [0.2, 0.25) is 0 Å². The van der Waals surface area contributed by atoms with Gasteiger partial charge in [-0.1, -0.05) is 51.3 Å². The van der Waals surface area contributed by atoms with Crippen LogP contribution in [0.2, 0.25) is 10.0 Å². The fourth-order valence-corrected chi connectivity index (χ4v) is 5.56. The van der Waals surface area contributed by atoms with Gasteiger partial charge in [-0.3, -0.25) is 9.20 Å². The van der Waals surface area contributed by atoms with E-state index in [0.29, 0.717) is 28.0 Å². The molecule has 0 fully saturated rings. The smallest absolute Gasteiger partial charge is 0.273 e. The van der Waals surface area contributed by atoms with E-state index in [2.05, 4.69) is 43.4 Å². The second-order valence-corrected chi connectivity index (χ2v) is 11.1. The molecule has 0 spiro atoms. The number of halogens is 3. The predicted octanol–water partition coefficient (Wildman–Crippen LogP) is 8.07. The zero-order valence-corrected chi connectivity index (χ0v) is 23.4. The number of rotatable bonds is 6. The fraction of sp³-hybridized carbons (Fsp3) is 0.172. The van der Waals surface area contributed by atoms with Gasteiger partial charge in [0.25, 0.3) is 5.91 Å². The summed E-state index contributed by atoms with van der Waals surface area (Å²) >= 11 is 15.7. The molecule has 6 nitrogen and oxygen atoms in total. The highest BCUT2D eigenvalue weighted by molar-refractivity contribution is 9.10. The monoisotopic (exact) mass is 607 g/mol. The Morgan fingerprint density at radius 2 is 1.55 bits per heavy atom. The molecule has 3 aromatic carbocycles. The van der Waals surface area contributed by atoms with Gasteiger partial charge >= 0.3 is 0 Å². The second-order valence-electron chi connectivity index (χ2n) is 9.29. The summed E-state index contributed by atoms with van der Waals surface area (Å²) in [6.45, 7) is 1.25. The summed E-state index contributed by atoms with van der Waals surface area (Å²) in [6.07, 6.45) is 2.93. The van der Waals surface area contributed by atoms with Crippen molar-refractivity contribution in [2.45, 2.75) is 32.4 Å². The van der Waals surface area contributed by atoms with E-state index in [9.17, 15) is 4.79 Å². The highest BCUT2D eigenvalue weighted by atomic mass is 79.9. The topological polar surface area (TPSA) is 63.4 Å². The molecule has 0 atom stereocenters. The quantitative estimate of drug-likeness (QED) is 0.205. The van der Waals surface area contributed by atoms with Gasteiger partial charge < -0.3 is 10.6 Å². The molecule has 192 valence electrons. The minimum absolute atomic E-state index is 0.195. The van der Waals surface area contributed by atoms with E-state index in [1.165, 1.54) is 0 Å². The average molecular weight is 609 g/mol. The van der Waals surface area contributed by atoms with Crippen molar-refractivity contribution in [2.75, 3.05) is 10.6 Å². The molecule has 1 aliphatic rings. The molecule has 0 unspecified atom stereocenters. The zero-order chi connectivity index (χ0) is 26.2. The molecule has 0 saturated heterocycles. The Bertz CT molecular complexity index is 1620.